The Bertz CT molecular complexity index is 947. The number of rotatable bonds is 3. The summed E-state index contributed by atoms with van der Waals surface area (Å²) in [5.41, 5.74) is -0.0633. The van der Waals surface area contributed by atoms with E-state index in [1.165, 1.54) is 12.1 Å². The van der Waals surface area contributed by atoms with Crippen molar-refractivity contribution in [3.8, 4) is 22.4 Å². The molecule has 8 heteroatoms. The number of hydrogen-bond donors (Lipinski definition) is 0. The van der Waals surface area contributed by atoms with Crippen molar-refractivity contribution in [2.24, 2.45) is 4.99 Å². The zero-order valence-electron chi connectivity index (χ0n) is 13.4. The first kappa shape index (κ1) is 16.8. The summed E-state index contributed by atoms with van der Waals surface area (Å²) in [7, 11) is 0. The molecule has 0 bridgehead atoms. The molecule has 0 N–H and O–H groups in total. The van der Waals surface area contributed by atoms with E-state index in [0.29, 0.717) is 13.1 Å². The maximum atomic E-state index is 12.5. The summed E-state index contributed by atoms with van der Waals surface area (Å²) < 4.78 is 39.5. The van der Waals surface area contributed by atoms with Crippen molar-refractivity contribution >= 4 is 18.0 Å². The SMILES string of the molecule is FC(F)(F)Sc1ccc(-c2nn3c(c2-c2ccncc2)C=NCC3)cc1. The van der Waals surface area contributed by atoms with Crippen LogP contribution in [0.1, 0.15) is 5.69 Å². The zero-order valence-corrected chi connectivity index (χ0v) is 14.3. The van der Waals surface area contributed by atoms with Crippen LogP contribution in [0.15, 0.2) is 58.7 Å². The second-order valence-corrected chi connectivity index (χ2v) is 6.81. The Morgan fingerprint density at radius 1 is 0.962 bits per heavy atom. The van der Waals surface area contributed by atoms with Gasteiger partial charge in [-0.1, -0.05) is 12.1 Å². The van der Waals surface area contributed by atoms with Crippen LogP contribution in [-0.4, -0.2) is 33.0 Å². The van der Waals surface area contributed by atoms with Crippen molar-refractivity contribution in [1.29, 1.82) is 0 Å². The minimum absolute atomic E-state index is 0.122. The van der Waals surface area contributed by atoms with E-state index in [4.69, 9.17) is 0 Å². The van der Waals surface area contributed by atoms with Crippen molar-refractivity contribution in [1.82, 2.24) is 14.8 Å². The van der Waals surface area contributed by atoms with E-state index in [1.54, 1.807) is 30.7 Å². The first-order chi connectivity index (χ1) is 12.5. The smallest absolute Gasteiger partial charge is 0.289 e. The van der Waals surface area contributed by atoms with E-state index in [9.17, 15) is 13.2 Å². The van der Waals surface area contributed by atoms with Gasteiger partial charge in [-0.3, -0.25) is 14.7 Å². The van der Waals surface area contributed by atoms with Crippen LogP contribution >= 0.6 is 11.8 Å². The fourth-order valence-corrected chi connectivity index (χ4v) is 3.44. The van der Waals surface area contributed by atoms with Gasteiger partial charge in [-0.05, 0) is 41.6 Å². The van der Waals surface area contributed by atoms with Gasteiger partial charge in [0.15, 0.2) is 0 Å². The molecular weight excluding hydrogens is 361 g/mol. The highest BCUT2D eigenvalue weighted by Crippen LogP contribution is 2.39. The maximum absolute atomic E-state index is 12.5. The van der Waals surface area contributed by atoms with Crippen LogP contribution in [0.3, 0.4) is 0 Å². The van der Waals surface area contributed by atoms with Crippen molar-refractivity contribution < 1.29 is 13.2 Å². The van der Waals surface area contributed by atoms with Gasteiger partial charge in [-0.2, -0.15) is 18.3 Å². The fraction of sp³-hybridized carbons (Fsp3) is 0.167. The lowest BCUT2D eigenvalue weighted by Crippen LogP contribution is -2.12. The van der Waals surface area contributed by atoms with Crippen LogP contribution in [-0.2, 0) is 6.54 Å². The number of thioether (sulfide) groups is 1. The third kappa shape index (κ3) is 3.37. The molecule has 1 aliphatic heterocycles. The summed E-state index contributed by atoms with van der Waals surface area (Å²) in [6, 6.07) is 10.1. The molecule has 3 aromatic rings. The van der Waals surface area contributed by atoms with Crippen LogP contribution in [0, 0.1) is 0 Å². The number of aromatic nitrogens is 3. The Labute approximate surface area is 151 Å². The Hall–Kier alpha value is -2.61. The van der Waals surface area contributed by atoms with Crippen LogP contribution in [0.2, 0.25) is 0 Å². The highest BCUT2D eigenvalue weighted by molar-refractivity contribution is 8.00. The summed E-state index contributed by atoms with van der Waals surface area (Å²) >= 11 is -0.122. The lowest BCUT2D eigenvalue weighted by Gasteiger charge is -2.09. The Morgan fingerprint density at radius 3 is 2.38 bits per heavy atom. The van der Waals surface area contributed by atoms with E-state index in [2.05, 4.69) is 15.1 Å². The molecule has 3 heterocycles. The number of benzene rings is 1. The van der Waals surface area contributed by atoms with E-state index in [1.807, 2.05) is 16.8 Å². The van der Waals surface area contributed by atoms with Gasteiger partial charge in [0, 0.05) is 34.6 Å². The first-order valence-corrected chi connectivity index (χ1v) is 8.70. The summed E-state index contributed by atoms with van der Waals surface area (Å²) in [6.45, 7) is 1.33. The van der Waals surface area contributed by atoms with E-state index in [-0.39, 0.29) is 16.7 Å². The molecule has 2 aromatic heterocycles. The third-order valence-electron chi connectivity index (χ3n) is 3.98. The number of alkyl halides is 3. The molecule has 0 spiro atoms. The quantitative estimate of drug-likeness (QED) is 0.627. The highest BCUT2D eigenvalue weighted by Gasteiger charge is 2.29. The van der Waals surface area contributed by atoms with Gasteiger partial charge in [-0.25, -0.2) is 0 Å². The average molecular weight is 374 g/mol. The number of nitrogens with zero attached hydrogens (tertiary/aromatic N) is 4. The predicted octanol–water partition coefficient (Wildman–Crippen LogP) is 4.66. The molecule has 0 saturated carbocycles. The molecular formula is C18H13F3N4S. The van der Waals surface area contributed by atoms with Crippen LogP contribution in [0.25, 0.3) is 22.4 Å². The summed E-state index contributed by atoms with van der Waals surface area (Å²) in [6.07, 6.45) is 5.20. The van der Waals surface area contributed by atoms with E-state index in [0.717, 1.165) is 28.1 Å². The second-order valence-electron chi connectivity index (χ2n) is 5.68. The molecule has 1 aliphatic rings. The monoisotopic (exact) mass is 374 g/mol. The molecule has 4 rings (SSSR count). The van der Waals surface area contributed by atoms with Crippen molar-refractivity contribution in [3.63, 3.8) is 0 Å². The standard InChI is InChI=1S/C18H13F3N4S/c19-18(20,21)26-14-3-1-13(2-4-14)17-16(12-5-7-22-8-6-12)15-11-23-9-10-25(15)24-17/h1-8,11H,9-10H2. The number of pyridine rings is 1. The molecule has 4 nitrogen and oxygen atoms in total. The average Bonchev–Trinajstić information content (AvgIpc) is 3.01. The molecule has 1 aromatic carbocycles. The molecule has 26 heavy (non-hydrogen) atoms. The number of fused-ring (bicyclic) bond motifs is 1. The molecule has 0 saturated heterocycles. The highest BCUT2D eigenvalue weighted by atomic mass is 32.2. The van der Waals surface area contributed by atoms with Gasteiger partial charge < -0.3 is 0 Å². The fourth-order valence-electron chi connectivity index (χ4n) is 2.90. The predicted molar refractivity (Wildman–Crippen MR) is 95.3 cm³/mol. The van der Waals surface area contributed by atoms with Crippen molar-refractivity contribution in [3.05, 3.63) is 54.5 Å². The Balaban J connectivity index is 1.80. The van der Waals surface area contributed by atoms with Crippen molar-refractivity contribution in [2.75, 3.05) is 6.54 Å². The van der Waals surface area contributed by atoms with Gasteiger partial charge in [0.25, 0.3) is 0 Å². The minimum atomic E-state index is -4.30. The molecule has 132 valence electrons. The second kappa shape index (κ2) is 6.60. The first-order valence-electron chi connectivity index (χ1n) is 7.88. The maximum Gasteiger partial charge on any atom is 0.446 e. The van der Waals surface area contributed by atoms with Crippen LogP contribution in [0.4, 0.5) is 13.2 Å². The normalized spacial score (nSPS) is 13.7. The third-order valence-corrected chi connectivity index (χ3v) is 4.72. The minimum Gasteiger partial charge on any atom is -0.289 e. The molecule has 0 atom stereocenters. The topological polar surface area (TPSA) is 43.1 Å². The van der Waals surface area contributed by atoms with Gasteiger partial charge in [0.2, 0.25) is 0 Å². The summed E-state index contributed by atoms with van der Waals surface area (Å²) in [4.78, 5) is 8.53. The Kier molecular flexibility index (Phi) is 4.28. The summed E-state index contributed by atoms with van der Waals surface area (Å²) in [5.74, 6) is 0. The number of aliphatic imine (C=N–C) groups is 1. The van der Waals surface area contributed by atoms with Gasteiger partial charge in [-0.15, -0.1) is 0 Å². The lowest BCUT2D eigenvalue weighted by molar-refractivity contribution is -0.0328. The molecule has 0 amide bonds. The summed E-state index contributed by atoms with van der Waals surface area (Å²) in [5, 5.41) is 4.68. The van der Waals surface area contributed by atoms with Gasteiger partial charge in [0.1, 0.15) is 5.69 Å². The van der Waals surface area contributed by atoms with Gasteiger partial charge in [0.05, 0.1) is 18.8 Å². The van der Waals surface area contributed by atoms with Gasteiger partial charge >= 0.3 is 5.51 Å². The van der Waals surface area contributed by atoms with E-state index >= 15 is 0 Å². The molecule has 0 aliphatic carbocycles. The van der Waals surface area contributed by atoms with Crippen LogP contribution < -0.4 is 0 Å². The zero-order chi connectivity index (χ0) is 18.1. The number of hydrogen-bond acceptors (Lipinski definition) is 4. The largest absolute Gasteiger partial charge is 0.446 e. The number of halogens is 3. The molecule has 0 fully saturated rings. The molecule has 0 radical (unpaired) electrons. The molecule has 0 unspecified atom stereocenters. The van der Waals surface area contributed by atoms with Crippen molar-refractivity contribution in [2.45, 2.75) is 16.9 Å². The lowest BCUT2D eigenvalue weighted by atomic mass is 10.00. The Morgan fingerprint density at radius 2 is 1.69 bits per heavy atom. The van der Waals surface area contributed by atoms with Crippen LogP contribution in [0.5, 0.6) is 0 Å². The van der Waals surface area contributed by atoms with E-state index < -0.39 is 5.51 Å².